The van der Waals surface area contributed by atoms with E-state index >= 15 is 0 Å². The van der Waals surface area contributed by atoms with E-state index in [0.717, 1.165) is 12.8 Å². The van der Waals surface area contributed by atoms with Crippen LogP contribution in [-0.4, -0.2) is 22.8 Å². The van der Waals surface area contributed by atoms with Gasteiger partial charge in [0, 0.05) is 30.5 Å². The van der Waals surface area contributed by atoms with Crippen molar-refractivity contribution in [2.75, 3.05) is 6.54 Å². The molecule has 0 saturated heterocycles. The largest absolute Gasteiger partial charge is 0.507 e. The Balaban J connectivity index is 1.88. The van der Waals surface area contributed by atoms with Crippen LogP contribution in [0, 0.1) is 10.1 Å². The summed E-state index contributed by atoms with van der Waals surface area (Å²) < 4.78 is 0. The molecule has 5 heteroatoms. The standard InChI is InChI=1S/C26H44N2O3/c1-2-3-4-5-6-7-8-9-10-11-12-13-14-15-16-17-18-21-27-23-24-22-25(28(30)31)19-20-26(24)29/h19-20,22-23,29H,2-18,21H2,1H3. The lowest BCUT2D eigenvalue weighted by Gasteiger charge is -2.03. The molecule has 0 amide bonds. The summed E-state index contributed by atoms with van der Waals surface area (Å²) in [5.74, 6) is 0.0248. The zero-order valence-electron chi connectivity index (χ0n) is 19.7. The monoisotopic (exact) mass is 432 g/mol. The van der Waals surface area contributed by atoms with Gasteiger partial charge >= 0.3 is 0 Å². The normalized spacial score (nSPS) is 11.4. The van der Waals surface area contributed by atoms with E-state index in [4.69, 9.17) is 0 Å². The van der Waals surface area contributed by atoms with Gasteiger partial charge in [0.1, 0.15) is 5.75 Å². The lowest BCUT2D eigenvalue weighted by atomic mass is 10.0. The highest BCUT2D eigenvalue weighted by atomic mass is 16.6. The Morgan fingerprint density at radius 3 is 1.71 bits per heavy atom. The van der Waals surface area contributed by atoms with Crippen LogP contribution in [-0.2, 0) is 0 Å². The number of nitro benzene ring substituents is 1. The maximum Gasteiger partial charge on any atom is 0.270 e. The first-order valence-corrected chi connectivity index (χ1v) is 12.6. The summed E-state index contributed by atoms with van der Waals surface area (Å²) in [4.78, 5) is 14.6. The van der Waals surface area contributed by atoms with E-state index in [1.165, 1.54) is 121 Å². The lowest BCUT2D eigenvalue weighted by molar-refractivity contribution is -0.384. The van der Waals surface area contributed by atoms with Crippen LogP contribution in [0.25, 0.3) is 0 Å². The SMILES string of the molecule is CCCCCCCCCCCCCCCCCCCN=Cc1cc([N+](=O)[O-])ccc1O. The number of benzene rings is 1. The van der Waals surface area contributed by atoms with E-state index in [2.05, 4.69) is 11.9 Å². The Labute approximate surface area is 189 Å². The van der Waals surface area contributed by atoms with Crippen molar-refractivity contribution in [3.8, 4) is 5.75 Å². The molecule has 0 aromatic heterocycles. The van der Waals surface area contributed by atoms with E-state index in [9.17, 15) is 15.2 Å². The summed E-state index contributed by atoms with van der Waals surface area (Å²) in [6.07, 6.45) is 24.5. The van der Waals surface area contributed by atoms with E-state index in [1.54, 1.807) is 0 Å². The highest BCUT2D eigenvalue weighted by Gasteiger charge is 2.08. The first kappa shape index (κ1) is 27.1. The topological polar surface area (TPSA) is 75.7 Å². The molecule has 0 spiro atoms. The second kappa shape index (κ2) is 18.8. The number of hydrogen-bond acceptors (Lipinski definition) is 4. The minimum Gasteiger partial charge on any atom is -0.507 e. The summed E-state index contributed by atoms with van der Waals surface area (Å²) in [6, 6.07) is 3.99. The molecule has 0 aliphatic heterocycles. The first-order valence-electron chi connectivity index (χ1n) is 12.6. The number of rotatable bonds is 20. The van der Waals surface area contributed by atoms with Gasteiger partial charge in [0.2, 0.25) is 0 Å². The molecule has 0 saturated carbocycles. The molecule has 0 radical (unpaired) electrons. The van der Waals surface area contributed by atoms with Crippen LogP contribution in [0.3, 0.4) is 0 Å². The smallest absolute Gasteiger partial charge is 0.270 e. The van der Waals surface area contributed by atoms with Crippen LogP contribution >= 0.6 is 0 Å². The van der Waals surface area contributed by atoms with E-state index in [0.29, 0.717) is 12.1 Å². The van der Waals surface area contributed by atoms with Gasteiger partial charge in [-0.2, -0.15) is 0 Å². The second-order valence-electron chi connectivity index (χ2n) is 8.69. The molecule has 1 rings (SSSR count). The predicted octanol–water partition coefficient (Wildman–Crippen LogP) is 8.37. The van der Waals surface area contributed by atoms with Crippen LogP contribution in [0.15, 0.2) is 23.2 Å². The van der Waals surface area contributed by atoms with Gasteiger partial charge in [0.15, 0.2) is 0 Å². The van der Waals surface area contributed by atoms with E-state index < -0.39 is 4.92 Å². The zero-order valence-corrected chi connectivity index (χ0v) is 19.7. The summed E-state index contributed by atoms with van der Waals surface area (Å²) in [5.41, 5.74) is 0.373. The fourth-order valence-corrected chi connectivity index (χ4v) is 3.85. The average molecular weight is 433 g/mol. The van der Waals surface area contributed by atoms with Crippen molar-refractivity contribution in [2.24, 2.45) is 4.99 Å². The molecule has 0 fully saturated rings. The van der Waals surface area contributed by atoms with Gasteiger partial charge in [0.05, 0.1) is 4.92 Å². The second-order valence-corrected chi connectivity index (χ2v) is 8.69. The number of aromatic hydroxyl groups is 1. The third-order valence-electron chi connectivity index (χ3n) is 5.84. The summed E-state index contributed by atoms with van der Waals surface area (Å²) in [6.45, 7) is 2.97. The summed E-state index contributed by atoms with van der Waals surface area (Å²) >= 11 is 0. The molecule has 0 aliphatic carbocycles. The van der Waals surface area contributed by atoms with Gasteiger partial charge in [-0.1, -0.05) is 110 Å². The van der Waals surface area contributed by atoms with Gasteiger partial charge in [0.25, 0.3) is 5.69 Å². The van der Waals surface area contributed by atoms with Crippen LogP contribution in [0.4, 0.5) is 5.69 Å². The van der Waals surface area contributed by atoms with Crippen molar-refractivity contribution in [3.05, 3.63) is 33.9 Å². The molecule has 0 unspecified atom stereocenters. The maximum atomic E-state index is 10.8. The summed E-state index contributed by atoms with van der Waals surface area (Å²) in [7, 11) is 0. The molecular weight excluding hydrogens is 388 g/mol. The molecule has 0 heterocycles. The fraction of sp³-hybridized carbons (Fsp3) is 0.731. The number of nitro groups is 1. The van der Waals surface area contributed by atoms with Crippen molar-refractivity contribution < 1.29 is 10.0 Å². The van der Waals surface area contributed by atoms with Crippen LogP contribution in [0.2, 0.25) is 0 Å². The maximum absolute atomic E-state index is 10.8. The van der Waals surface area contributed by atoms with Gasteiger partial charge in [-0.15, -0.1) is 0 Å². The highest BCUT2D eigenvalue weighted by Crippen LogP contribution is 2.21. The molecule has 0 bridgehead atoms. The average Bonchev–Trinajstić information content (AvgIpc) is 2.76. The third kappa shape index (κ3) is 14.7. The molecular formula is C26H44N2O3. The van der Waals surface area contributed by atoms with E-state index in [-0.39, 0.29) is 11.4 Å². The number of hydrogen-bond donors (Lipinski definition) is 1. The van der Waals surface area contributed by atoms with Crippen molar-refractivity contribution >= 4 is 11.9 Å². The summed E-state index contributed by atoms with van der Waals surface area (Å²) in [5, 5.41) is 20.5. The Kier molecular flexibility index (Phi) is 16.5. The number of unbranched alkanes of at least 4 members (excludes halogenated alkanes) is 16. The van der Waals surface area contributed by atoms with Crippen molar-refractivity contribution in [3.63, 3.8) is 0 Å². The molecule has 176 valence electrons. The molecule has 1 aromatic rings. The molecule has 0 atom stereocenters. The first-order chi connectivity index (χ1) is 15.1. The number of nitrogens with zero attached hydrogens (tertiary/aromatic N) is 2. The Bertz CT molecular complexity index is 617. The minimum atomic E-state index is -0.465. The van der Waals surface area contributed by atoms with Gasteiger partial charge in [-0.05, 0) is 12.5 Å². The van der Waals surface area contributed by atoms with Crippen molar-refractivity contribution in [1.29, 1.82) is 0 Å². The third-order valence-corrected chi connectivity index (χ3v) is 5.84. The van der Waals surface area contributed by atoms with Crippen LogP contribution in [0.5, 0.6) is 5.75 Å². The number of non-ortho nitro benzene ring substituents is 1. The van der Waals surface area contributed by atoms with Crippen LogP contribution < -0.4 is 0 Å². The minimum absolute atomic E-state index is 0.0248. The lowest BCUT2D eigenvalue weighted by Crippen LogP contribution is -1.91. The Hall–Kier alpha value is -1.91. The number of phenols is 1. The van der Waals surface area contributed by atoms with Crippen molar-refractivity contribution in [1.82, 2.24) is 0 Å². The molecule has 5 nitrogen and oxygen atoms in total. The van der Waals surface area contributed by atoms with Crippen LogP contribution in [0.1, 0.15) is 122 Å². The fourth-order valence-electron chi connectivity index (χ4n) is 3.85. The van der Waals surface area contributed by atoms with Gasteiger partial charge in [-0.3, -0.25) is 15.1 Å². The molecule has 0 aliphatic rings. The molecule has 1 N–H and O–H groups in total. The highest BCUT2D eigenvalue weighted by molar-refractivity contribution is 5.84. The molecule has 31 heavy (non-hydrogen) atoms. The predicted molar refractivity (Wildman–Crippen MR) is 131 cm³/mol. The van der Waals surface area contributed by atoms with Gasteiger partial charge < -0.3 is 5.11 Å². The zero-order chi connectivity index (χ0) is 22.6. The molecule has 1 aromatic carbocycles. The van der Waals surface area contributed by atoms with E-state index in [1.807, 2.05) is 0 Å². The Morgan fingerprint density at radius 2 is 1.26 bits per heavy atom. The quantitative estimate of drug-likeness (QED) is 0.0972. The Morgan fingerprint density at radius 1 is 0.806 bits per heavy atom. The number of aliphatic imine (C=N–C) groups is 1. The number of phenolic OH excluding ortho intramolecular Hbond substituents is 1. The van der Waals surface area contributed by atoms with Gasteiger partial charge in [-0.25, -0.2) is 0 Å². The van der Waals surface area contributed by atoms with Crippen molar-refractivity contribution in [2.45, 2.75) is 116 Å².